The lowest BCUT2D eigenvalue weighted by Crippen LogP contribution is -2.57. The van der Waals surface area contributed by atoms with Crippen molar-refractivity contribution in [1.82, 2.24) is 10.2 Å². The van der Waals surface area contributed by atoms with E-state index in [0.717, 1.165) is 12.8 Å². The molecule has 2 N–H and O–H groups in total. The van der Waals surface area contributed by atoms with Crippen molar-refractivity contribution in [1.29, 1.82) is 0 Å². The minimum absolute atomic E-state index is 0.276. The second-order valence-corrected chi connectivity index (χ2v) is 3.72. The topological polar surface area (TPSA) is 78.9 Å². The van der Waals surface area contributed by atoms with Crippen molar-refractivity contribution in [3.05, 3.63) is 0 Å². The Bertz CT molecular complexity index is 257. The van der Waals surface area contributed by atoms with Crippen LogP contribution in [0.5, 0.6) is 0 Å². The molecule has 0 aromatic carbocycles. The van der Waals surface area contributed by atoms with Crippen molar-refractivity contribution in [3.63, 3.8) is 0 Å². The Labute approximate surface area is 94.6 Å². The Hall–Kier alpha value is -1.30. The predicted molar refractivity (Wildman–Crippen MR) is 57.3 cm³/mol. The molecule has 0 aromatic rings. The number of aliphatic carboxylic acids is 1. The van der Waals surface area contributed by atoms with Crippen LogP contribution in [0.15, 0.2) is 0 Å². The molecule has 1 aliphatic rings. The number of piperazine rings is 1. The zero-order valence-electron chi connectivity index (χ0n) is 9.44. The number of nitrogens with zero attached hydrogens (tertiary/aromatic N) is 1. The molecule has 1 rings (SSSR count). The first-order valence-electron chi connectivity index (χ1n) is 5.53. The van der Waals surface area contributed by atoms with Gasteiger partial charge in [0.1, 0.15) is 6.04 Å². The maximum atomic E-state index is 11.6. The van der Waals surface area contributed by atoms with E-state index in [4.69, 9.17) is 9.84 Å². The summed E-state index contributed by atoms with van der Waals surface area (Å²) in [5.41, 5.74) is 0. The van der Waals surface area contributed by atoms with Crippen molar-refractivity contribution < 1.29 is 19.4 Å². The van der Waals surface area contributed by atoms with Crippen LogP contribution < -0.4 is 5.32 Å². The third kappa shape index (κ3) is 3.37. The van der Waals surface area contributed by atoms with Gasteiger partial charge < -0.3 is 15.2 Å². The third-order valence-electron chi connectivity index (χ3n) is 2.49. The number of ether oxygens (including phenoxy) is 1. The van der Waals surface area contributed by atoms with Gasteiger partial charge in [0.05, 0.1) is 6.61 Å². The largest absolute Gasteiger partial charge is 0.480 e. The quantitative estimate of drug-likeness (QED) is 0.678. The van der Waals surface area contributed by atoms with E-state index >= 15 is 0 Å². The number of amides is 1. The highest BCUT2D eigenvalue weighted by molar-refractivity contribution is 5.80. The number of carboxylic acids is 1. The van der Waals surface area contributed by atoms with E-state index in [1.165, 1.54) is 4.90 Å². The standard InChI is InChI=1S/C10H18N2O4/c1-2-3-6-16-10(15)12-5-4-11-7-8(12)9(13)14/h8,11H,2-7H2,1H3,(H,13,14). The smallest absolute Gasteiger partial charge is 0.410 e. The van der Waals surface area contributed by atoms with Crippen molar-refractivity contribution in [2.45, 2.75) is 25.8 Å². The monoisotopic (exact) mass is 230 g/mol. The van der Waals surface area contributed by atoms with Crippen LogP contribution in [0.3, 0.4) is 0 Å². The number of carboxylic acid groups (broad SMARTS) is 1. The number of unbranched alkanes of at least 4 members (excludes halogenated alkanes) is 1. The maximum Gasteiger partial charge on any atom is 0.410 e. The molecule has 0 radical (unpaired) electrons. The molecule has 16 heavy (non-hydrogen) atoms. The minimum Gasteiger partial charge on any atom is -0.480 e. The molecular weight excluding hydrogens is 212 g/mol. The summed E-state index contributed by atoms with van der Waals surface area (Å²) < 4.78 is 5.00. The highest BCUT2D eigenvalue weighted by atomic mass is 16.6. The first-order chi connectivity index (χ1) is 7.66. The number of hydrogen-bond acceptors (Lipinski definition) is 4. The summed E-state index contributed by atoms with van der Waals surface area (Å²) in [5.74, 6) is -1.00. The van der Waals surface area contributed by atoms with Gasteiger partial charge in [-0.1, -0.05) is 13.3 Å². The molecule has 92 valence electrons. The van der Waals surface area contributed by atoms with Crippen LogP contribution >= 0.6 is 0 Å². The molecule has 1 unspecified atom stereocenters. The predicted octanol–water partition coefficient (Wildman–Crippen LogP) is 0.281. The Kier molecular flexibility index (Phi) is 5.04. The van der Waals surface area contributed by atoms with Crippen LogP contribution in [-0.2, 0) is 9.53 Å². The van der Waals surface area contributed by atoms with Gasteiger partial charge in [-0.15, -0.1) is 0 Å². The molecule has 1 aliphatic heterocycles. The summed E-state index contributed by atoms with van der Waals surface area (Å²) in [4.78, 5) is 23.8. The van der Waals surface area contributed by atoms with Gasteiger partial charge in [-0.2, -0.15) is 0 Å². The van der Waals surface area contributed by atoms with E-state index in [1.54, 1.807) is 0 Å². The number of carbonyl (C=O) groups is 2. The van der Waals surface area contributed by atoms with E-state index in [0.29, 0.717) is 19.7 Å². The number of rotatable bonds is 4. The minimum atomic E-state index is -1.00. The molecule has 1 saturated heterocycles. The van der Waals surface area contributed by atoms with Gasteiger partial charge in [0, 0.05) is 19.6 Å². The van der Waals surface area contributed by atoms with Gasteiger partial charge in [-0.05, 0) is 6.42 Å². The first kappa shape index (κ1) is 12.8. The van der Waals surface area contributed by atoms with Crippen LogP contribution in [0.25, 0.3) is 0 Å². The Morgan fingerprint density at radius 3 is 2.94 bits per heavy atom. The lowest BCUT2D eigenvalue weighted by Gasteiger charge is -2.32. The van der Waals surface area contributed by atoms with Crippen molar-refractivity contribution >= 4 is 12.1 Å². The van der Waals surface area contributed by atoms with E-state index in [2.05, 4.69) is 5.32 Å². The van der Waals surface area contributed by atoms with E-state index in [1.807, 2.05) is 6.92 Å². The summed E-state index contributed by atoms with van der Waals surface area (Å²) in [6.45, 7) is 3.61. The molecule has 1 atom stereocenters. The summed E-state index contributed by atoms with van der Waals surface area (Å²) in [6, 6.07) is -0.817. The van der Waals surface area contributed by atoms with Crippen molar-refractivity contribution in [2.75, 3.05) is 26.2 Å². The summed E-state index contributed by atoms with van der Waals surface area (Å²) in [5, 5.41) is 11.9. The van der Waals surface area contributed by atoms with Gasteiger partial charge >= 0.3 is 12.1 Å². The SMILES string of the molecule is CCCCOC(=O)N1CCNCC1C(=O)O. The molecule has 6 heteroatoms. The summed E-state index contributed by atoms with van der Waals surface area (Å²) in [6.07, 6.45) is 1.22. The fourth-order valence-corrected chi connectivity index (χ4v) is 1.53. The van der Waals surface area contributed by atoms with Gasteiger partial charge in [-0.25, -0.2) is 9.59 Å². The van der Waals surface area contributed by atoms with Crippen LogP contribution in [-0.4, -0.2) is 54.4 Å². The van der Waals surface area contributed by atoms with Crippen LogP contribution in [0.2, 0.25) is 0 Å². The summed E-state index contributed by atoms with van der Waals surface area (Å²) >= 11 is 0. The third-order valence-corrected chi connectivity index (χ3v) is 2.49. The maximum absolute atomic E-state index is 11.6. The highest BCUT2D eigenvalue weighted by Crippen LogP contribution is 2.06. The van der Waals surface area contributed by atoms with Crippen LogP contribution in [0, 0.1) is 0 Å². The van der Waals surface area contributed by atoms with Gasteiger partial charge in [0.15, 0.2) is 0 Å². The molecule has 0 saturated carbocycles. The summed E-state index contributed by atoms with van der Waals surface area (Å²) in [7, 11) is 0. The molecular formula is C10H18N2O4. The number of nitrogens with one attached hydrogen (secondary N) is 1. The van der Waals surface area contributed by atoms with Crippen molar-refractivity contribution in [3.8, 4) is 0 Å². The lowest BCUT2D eigenvalue weighted by atomic mass is 10.2. The Balaban J connectivity index is 2.47. The molecule has 1 amide bonds. The number of hydrogen-bond donors (Lipinski definition) is 2. The average Bonchev–Trinajstić information content (AvgIpc) is 2.29. The highest BCUT2D eigenvalue weighted by Gasteiger charge is 2.32. The molecule has 0 aromatic heterocycles. The zero-order chi connectivity index (χ0) is 12.0. The van der Waals surface area contributed by atoms with E-state index < -0.39 is 18.1 Å². The number of carbonyl (C=O) groups excluding carboxylic acids is 1. The van der Waals surface area contributed by atoms with Crippen molar-refractivity contribution in [2.24, 2.45) is 0 Å². The fourth-order valence-electron chi connectivity index (χ4n) is 1.53. The van der Waals surface area contributed by atoms with Gasteiger partial charge in [0.25, 0.3) is 0 Å². The fraction of sp³-hybridized carbons (Fsp3) is 0.800. The second kappa shape index (κ2) is 6.32. The lowest BCUT2D eigenvalue weighted by molar-refractivity contribution is -0.143. The molecule has 6 nitrogen and oxygen atoms in total. The second-order valence-electron chi connectivity index (χ2n) is 3.72. The Morgan fingerprint density at radius 2 is 2.31 bits per heavy atom. The average molecular weight is 230 g/mol. The molecule has 1 heterocycles. The van der Waals surface area contributed by atoms with Gasteiger partial charge in [-0.3, -0.25) is 4.90 Å². The molecule has 0 bridgehead atoms. The van der Waals surface area contributed by atoms with E-state index in [-0.39, 0.29) is 6.54 Å². The zero-order valence-corrected chi connectivity index (χ0v) is 9.44. The molecule has 0 spiro atoms. The Morgan fingerprint density at radius 1 is 1.56 bits per heavy atom. The molecule has 1 fully saturated rings. The van der Waals surface area contributed by atoms with E-state index in [9.17, 15) is 9.59 Å². The van der Waals surface area contributed by atoms with Gasteiger partial charge in [0.2, 0.25) is 0 Å². The first-order valence-corrected chi connectivity index (χ1v) is 5.53. The van der Waals surface area contributed by atoms with Crippen LogP contribution in [0.4, 0.5) is 4.79 Å². The molecule has 0 aliphatic carbocycles. The van der Waals surface area contributed by atoms with Crippen LogP contribution in [0.1, 0.15) is 19.8 Å². The normalized spacial score (nSPS) is 20.6.